The second-order valence-electron chi connectivity index (χ2n) is 6.71. The highest BCUT2D eigenvalue weighted by Crippen LogP contribution is 2.38. The lowest BCUT2D eigenvalue weighted by Gasteiger charge is -2.13. The third-order valence-electron chi connectivity index (χ3n) is 4.55. The number of thiophene rings is 1. The van der Waals surface area contributed by atoms with E-state index in [0.29, 0.717) is 10.6 Å². The molecule has 2 aromatic rings. The van der Waals surface area contributed by atoms with E-state index in [4.69, 9.17) is 10.5 Å². The molecule has 1 atom stereocenters. The van der Waals surface area contributed by atoms with Crippen molar-refractivity contribution in [2.45, 2.75) is 45.6 Å². The molecule has 0 bridgehead atoms. The lowest BCUT2D eigenvalue weighted by atomic mass is 10.1. The highest BCUT2D eigenvalue weighted by atomic mass is 32.1. The summed E-state index contributed by atoms with van der Waals surface area (Å²) in [6.07, 6.45) is 1.79. The Morgan fingerprint density at radius 2 is 1.93 bits per heavy atom. The van der Waals surface area contributed by atoms with Crippen molar-refractivity contribution >= 4 is 34.1 Å². The first-order valence-electron chi connectivity index (χ1n) is 8.85. The summed E-state index contributed by atoms with van der Waals surface area (Å²) < 4.78 is 5.23. The summed E-state index contributed by atoms with van der Waals surface area (Å²) in [7, 11) is 0. The van der Waals surface area contributed by atoms with Gasteiger partial charge in [-0.25, -0.2) is 0 Å². The largest absolute Gasteiger partial charge is 0.452 e. The third kappa shape index (κ3) is 4.36. The number of benzene rings is 1. The number of amides is 2. The predicted octanol–water partition coefficient (Wildman–Crippen LogP) is 2.76. The molecule has 1 heterocycles. The summed E-state index contributed by atoms with van der Waals surface area (Å²) in [6, 6.07) is 7.54. The predicted molar refractivity (Wildman–Crippen MR) is 104 cm³/mol. The van der Waals surface area contributed by atoms with Gasteiger partial charge < -0.3 is 15.8 Å². The van der Waals surface area contributed by atoms with E-state index in [-0.39, 0.29) is 6.42 Å². The van der Waals surface area contributed by atoms with Crippen molar-refractivity contribution in [3.63, 3.8) is 0 Å². The van der Waals surface area contributed by atoms with Crippen molar-refractivity contribution in [3.8, 4) is 0 Å². The molecule has 0 unspecified atom stereocenters. The molecule has 3 rings (SSSR count). The maximum atomic E-state index is 12.4. The van der Waals surface area contributed by atoms with Crippen LogP contribution in [0.5, 0.6) is 0 Å². The van der Waals surface area contributed by atoms with Crippen LogP contribution in [0.3, 0.4) is 0 Å². The summed E-state index contributed by atoms with van der Waals surface area (Å²) in [5.74, 6) is -1.51. The molecule has 1 aromatic carbocycles. The van der Waals surface area contributed by atoms with Gasteiger partial charge in [-0.15, -0.1) is 11.3 Å². The maximum Gasteiger partial charge on any atom is 0.311 e. The van der Waals surface area contributed by atoms with Crippen molar-refractivity contribution in [1.82, 2.24) is 0 Å². The molecule has 0 spiro atoms. The average Bonchev–Trinajstić information content (AvgIpc) is 3.16. The van der Waals surface area contributed by atoms with Crippen LogP contribution in [0.15, 0.2) is 24.3 Å². The Morgan fingerprint density at radius 1 is 1.22 bits per heavy atom. The number of esters is 1. The SMILES string of the molecule is Cc1ccc(CC(=O)O[C@@H](C)C(=O)Nc2sc3c(c2C(N)=O)CCC3)cc1. The Kier molecular flexibility index (Phi) is 5.60. The number of fused-ring (bicyclic) bond motifs is 1. The Morgan fingerprint density at radius 3 is 2.59 bits per heavy atom. The van der Waals surface area contributed by atoms with Crippen molar-refractivity contribution in [1.29, 1.82) is 0 Å². The molecule has 1 aliphatic rings. The number of hydrogen-bond acceptors (Lipinski definition) is 5. The summed E-state index contributed by atoms with van der Waals surface area (Å²) in [5.41, 5.74) is 8.74. The Bertz CT molecular complexity index is 886. The van der Waals surface area contributed by atoms with Crippen LogP contribution < -0.4 is 11.1 Å². The molecule has 7 heteroatoms. The smallest absolute Gasteiger partial charge is 0.311 e. The van der Waals surface area contributed by atoms with Crippen molar-refractivity contribution in [3.05, 3.63) is 51.4 Å². The van der Waals surface area contributed by atoms with Crippen LogP contribution >= 0.6 is 11.3 Å². The molecule has 142 valence electrons. The molecule has 0 saturated heterocycles. The Labute approximate surface area is 161 Å². The standard InChI is InChI=1S/C20H22N2O4S/c1-11-6-8-13(9-7-11)10-16(23)26-12(2)19(25)22-20-17(18(21)24)14-4-3-5-15(14)27-20/h6-9,12H,3-5,10H2,1-2H3,(H2,21,24)(H,22,25)/t12-/m0/s1. The lowest BCUT2D eigenvalue weighted by molar-refractivity contribution is -0.152. The highest BCUT2D eigenvalue weighted by Gasteiger charge is 2.27. The molecular formula is C20H22N2O4S. The first-order valence-corrected chi connectivity index (χ1v) is 9.67. The molecule has 1 aromatic heterocycles. The Balaban J connectivity index is 1.62. The summed E-state index contributed by atoms with van der Waals surface area (Å²) in [4.78, 5) is 37.4. The van der Waals surface area contributed by atoms with Crippen molar-refractivity contribution < 1.29 is 19.1 Å². The zero-order valence-corrected chi connectivity index (χ0v) is 16.2. The fraction of sp³-hybridized carbons (Fsp3) is 0.350. The van der Waals surface area contributed by atoms with Crippen LogP contribution in [0, 0.1) is 6.92 Å². The lowest BCUT2D eigenvalue weighted by Crippen LogP contribution is -2.31. The molecule has 0 fully saturated rings. The second-order valence-corrected chi connectivity index (χ2v) is 7.81. The number of aryl methyl sites for hydroxylation is 2. The van der Waals surface area contributed by atoms with Crippen LogP contribution in [0.2, 0.25) is 0 Å². The number of carbonyl (C=O) groups is 3. The zero-order chi connectivity index (χ0) is 19.6. The number of rotatable bonds is 6. The highest BCUT2D eigenvalue weighted by molar-refractivity contribution is 7.17. The summed E-state index contributed by atoms with van der Waals surface area (Å²) >= 11 is 1.37. The number of carbonyl (C=O) groups excluding carboxylic acids is 3. The number of hydrogen-bond donors (Lipinski definition) is 2. The third-order valence-corrected chi connectivity index (χ3v) is 5.76. The van der Waals surface area contributed by atoms with E-state index in [9.17, 15) is 14.4 Å². The van der Waals surface area contributed by atoms with Gasteiger partial charge in [-0.3, -0.25) is 14.4 Å². The quantitative estimate of drug-likeness (QED) is 0.746. The van der Waals surface area contributed by atoms with Gasteiger partial charge in [0.2, 0.25) is 0 Å². The minimum Gasteiger partial charge on any atom is -0.452 e. The minimum atomic E-state index is -0.972. The Hall–Kier alpha value is -2.67. The molecule has 3 N–H and O–H groups in total. The van der Waals surface area contributed by atoms with E-state index in [2.05, 4.69) is 5.32 Å². The van der Waals surface area contributed by atoms with Gasteiger partial charge in [-0.2, -0.15) is 0 Å². The molecule has 0 aliphatic heterocycles. The molecule has 0 radical (unpaired) electrons. The van der Waals surface area contributed by atoms with Gasteiger partial charge in [0, 0.05) is 4.88 Å². The fourth-order valence-electron chi connectivity index (χ4n) is 3.13. The number of nitrogens with one attached hydrogen (secondary N) is 1. The fourth-order valence-corrected chi connectivity index (χ4v) is 4.43. The molecule has 2 amide bonds. The van der Waals surface area contributed by atoms with Crippen molar-refractivity contribution in [2.75, 3.05) is 5.32 Å². The van der Waals surface area contributed by atoms with Crippen LogP contribution in [-0.2, 0) is 33.6 Å². The van der Waals surface area contributed by atoms with Crippen LogP contribution in [0.1, 0.15) is 45.3 Å². The minimum absolute atomic E-state index is 0.0950. The number of anilines is 1. The molecule has 6 nitrogen and oxygen atoms in total. The van der Waals surface area contributed by atoms with E-state index in [0.717, 1.165) is 40.8 Å². The van der Waals surface area contributed by atoms with Gasteiger partial charge >= 0.3 is 5.97 Å². The summed E-state index contributed by atoms with van der Waals surface area (Å²) in [6.45, 7) is 3.48. The average molecular weight is 386 g/mol. The second kappa shape index (κ2) is 7.92. The normalized spacial score (nSPS) is 13.7. The number of primary amides is 1. The van der Waals surface area contributed by atoms with Crippen molar-refractivity contribution in [2.24, 2.45) is 5.73 Å². The van der Waals surface area contributed by atoms with Gasteiger partial charge in [-0.05, 0) is 44.2 Å². The van der Waals surface area contributed by atoms with E-state index >= 15 is 0 Å². The van der Waals surface area contributed by atoms with E-state index in [1.807, 2.05) is 31.2 Å². The topological polar surface area (TPSA) is 98.5 Å². The van der Waals surface area contributed by atoms with Gasteiger partial charge in [0.1, 0.15) is 5.00 Å². The first kappa shape index (κ1) is 19.1. The van der Waals surface area contributed by atoms with E-state index in [1.54, 1.807) is 0 Å². The maximum absolute atomic E-state index is 12.4. The molecule has 0 saturated carbocycles. The van der Waals surface area contributed by atoms with Gasteiger partial charge in [0.25, 0.3) is 11.8 Å². The molecular weight excluding hydrogens is 364 g/mol. The van der Waals surface area contributed by atoms with Gasteiger partial charge in [0.05, 0.1) is 12.0 Å². The van der Waals surface area contributed by atoms with Crippen LogP contribution in [-0.4, -0.2) is 23.9 Å². The van der Waals surface area contributed by atoms with Gasteiger partial charge in [-0.1, -0.05) is 29.8 Å². The monoisotopic (exact) mass is 386 g/mol. The van der Waals surface area contributed by atoms with Crippen LogP contribution in [0.4, 0.5) is 5.00 Å². The van der Waals surface area contributed by atoms with Crippen LogP contribution in [0.25, 0.3) is 0 Å². The molecule has 27 heavy (non-hydrogen) atoms. The van der Waals surface area contributed by atoms with Gasteiger partial charge in [0.15, 0.2) is 6.10 Å². The van der Waals surface area contributed by atoms with E-state index in [1.165, 1.54) is 18.3 Å². The number of nitrogens with two attached hydrogens (primary N) is 1. The van der Waals surface area contributed by atoms with E-state index < -0.39 is 23.9 Å². The molecule has 1 aliphatic carbocycles. The zero-order valence-electron chi connectivity index (χ0n) is 15.3. The first-order chi connectivity index (χ1) is 12.8. The number of ether oxygens (including phenoxy) is 1. The summed E-state index contributed by atoms with van der Waals surface area (Å²) in [5, 5.41) is 3.14.